The van der Waals surface area contributed by atoms with Crippen LogP contribution < -0.4 is 5.32 Å². The summed E-state index contributed by atoms with van der Waals surface area (Å²) in [5.41, 5.74) is 3.89. The molecule has 1 aromatic heterocycles. The Morgan fingerprint density at radius 3 is 2.82 bits per heavy atom. The molecule has 0 aliphatic heterocycles. The largest absolute Gasteiger partial charge is 0.338 e. The minimum absolute atomic E-state index is 0.0890. The highest BCUT2D eigenvalue weighted by atomic mass is 16.2. The van der Waals surface area contributed by atoms with E-state index in [1.54, 1.807) is 0 Å². The molecule has 0 saturated heterocycles. The zero-order valence-corrected chi connectivity index (χ0v) is 13.9. The molecule has 0 spiro atoms. The summed E-state index contributed by atoms with van der Waals surface area (Å²) in [6, 6.07) is 0.474. The average molecular weight is 304 g/mol. The van der Waals surface area contributed by atoms with E-state index in [0.29, 0.717) is 12.6 Å². The van der Waals surface area contributed by atoms with Gasteiger partial charge in [0, 0.05) is 25.3 Å². The van der Waals surface area contributed by atoms with Crippen molar-refractivity contribution in [2.75, 3.05) is 6.54 Å². The molecular weight excluding hydrogens is 276 g/mol. The van der Waals surface area contributed by atoms with Crippen LogP contribution in [0.1, 0.15) is 62.4 Å². The summed E-state index contributed by atoms with van der Waals surface area (Å²) < 4.78 is 2.02. The second-order valence-corrected chi connectivity index (χ2v) is 6.65. The number of carbonyl (C=O) groups excluding carboxylic acids is 1. The molecule has 0 bridgehead atoms. The lowest BCUT2D eigenvalue weighted by Gasteiger charge is -2.28. The Kier molecular flexibility index (Phi) is 4.69. The SMILES string of the molecule is CCCNC(=O)N(Cc1nn(C)c2c1CCC2)C1CCCC1. The number of amides is 2. The highest BCUT2D eigenvalue weighted by Gasteiger charge is 2.29. The van der Waals surface area contributed by atoms with E-state index in [2.05, 4.69) is 12.2 Å². The summed E-state index contributed by atoms with van der Waals surface area (Å²) >= 11 is 0. The number of nitrogens with zero attached hydrogens (tertiary/aromatic N) is 3. The third kappa shape index (κ3) is 2.99. The van der Waals surface area contributed by atoms with Gasteiger partial charge in [-0.05, 0) is 44.1 Å². The normalized spacial score (nSPS) is 17.7. The highest BCUT2D eigenvalue weighted by molar-refractivity contribution is 5.74. The molecule has 1 saturated carbocycles. The fraction of sp³-hybridized carbons (Fsp3) is 0.765. The highest BCUT2D eigenvalue weighted by Crippen LogP contribution is 2.29. The van der Waals surface area contributed by atoms with Crippen LogP contribution in [0.15, 0.2) is 0 Å². The standard InChI is InChI=1S/C17H28N4O/c1-3-11-18-17(22)21(13-7-4-5-8-13)12-15-14-9-6-10-16(14)20(2)19-15/h13H,3-12H2,1-2H3,(H,18,22). The maximum absolute atomic E-state index is 12.6. The van der Waals surface area contributed by atoms with Gasteiger partial charge in [-0.15, -0.1) is 0 Å². The molecule has 1 N–H and O–H groups in total. The van der Waals surface area contributed by atoms with Gasteiger partial charge in [0.05, 0.1) is 12.2 Å². The Morgan fingerprint density at radius 2 is 2.09 bits per heavy atom. The Hall–Kier alpha value is -1.52. The topological polar surface area (TPSA) is 50.2 Å². The molecule has 2 amide bonds. The van der Waals surface area contributed by atoms with Crippen LogP contribution in [0, 0.1) is 0 Å². The number of fused-ring (bicyclic) bond motifs is 1. The molecule has 3 rings (SSSR count). The van der Waals surface area contributed by atoms with Gasteiger partial charge in [-0.25, -0.2) is 4.79 Å². The van der Waals surface area contributed by atoms with E-state index in [0.717, 1.165) is 44.3 Å². The summed E-state index contributed by atoms with van der Waals surface area (Å²) in [6.45, 7) is 3.51. The van der Waals surface area contributed by atoms with Crippen molar-refractivity contribution in [2.24, 2.45) is 7.05 Å². The predicted octanol–water partition coefficient (Wildman–Crippen LogP) is 2.77. The van der Waals surface area contributed by atoms with E-state index in [-0.39, 0.29) is 6.03 Å². The van der Waals surface area contributed by atoms with Crippen LogP contribution >= 0.6 is 0 Å². The van der Waals surface area contributed by atoms with E-state index in [1.807, 2.05) is 16.6 Å². The van der Waals surface area contributed by atoms with Crippen molar-refractivity contribution >= 4 is 6.03 Å². The molecule has 5 heteroatoms. The van der Waals surface area contributed by atoms with E-state index in [1.165, 1.54) is 30.5 Å². The number of urea groups is 1. The number of aromatic nitrogens is 2. The molecule has 0 unspecified atom stereocenters. The molecule has 5 nitrogen and oxygen atoms in total. The number of carbonyl (C=O) groups is 1. The molecule has 1 fully saturated rings. The van der Waals surface area contributed by atoms with Crippen molar-refractivity contribution in [2.45, 2.75) is 70.9 Å². The maximum atomic E-state index is 12.6. The van der Waals surface area contributed by atoms with Crippen molar-refractivity contribution in [3.8, 4) is 0 Å². The Labute approximate surface area is 133 Å². The average Bonchev–Trinajstić information content (AvgIpc) is 3.22. The third-order valence-corrected chi connectivity index (χ3v) is 5.07. The Morgan fingerprint density at radius 1 is 1.32 bits per heavy atom. The minimum Gasteiger partial charge on any atom is -0.338 e. The first-order valence-corrected chi connectivity index (χ1v) is 8.78. The van der Waals surface area contributed by atoms with Gasteiger partial charge < -0.3 is 10.2 Å². The van der Waals surface area contributed by atoms with Crippen LogP contribution in [0.3, 0.4) is 0 Å². The summed E-state index contributed by atoms with van der Waals surface area (Å²) in [4.78, 5) is 14.6. The quantitative estimate of drug-likeness (QED) is 0.909. The molecule has 2 aliphatic rings. The lowest BCUT2D eigenvalue weighted by Crippen LogP contribution is -2.45. The Balaban J connectivity index is 1.77. The molecule has 0 aromatic carbocycles. The van der Waals surface area contributed by atoms with E-state index in [9.17, 15) is 4.79 Å². The zero-order valence-electron chi connectivity index (χ0n) is 13.9. The molecule has 122 valence electrons. The van der Waals surface area contributed by atoms with Gasteiger partial charge in [0.15, 0.2) is 0 Å². The molecule has 1 heterocycles. The van der Waals surface area contributed by atoms with Gasteiger partial charge >= 0.3 is 6.03 Å². The van der Waals surface area contributed by atoms with Crippen molar-refractivity contribution in [1.82, 2.24) is 20.0 Å². The molecular formula is C17H28N4O. The molecule has 2 aliphatic carbocycles. The fourth-order valence-electron chi connectivity index (χ4n) is 3.90. The fourth-order valence-corrected chi connectivity index (χ4v) is 3.90. The van der Waals surface area contributed by atoms with Gasteiger partial charge in [0.2, 0.25) is 0 Å². The van der Waals surface area contributed by atoms with Crippen LogP contribution in [0.5, 0.6) is 0 Å². The number of aryl methyl sites for hydroxylation is 1. The smallest absolute Gasteiger partial charge is 0.318 e. The van der Waals surface area contributed by atoms with Crippen LogP contribution in [-0.4, -0.2) is 33.3 Å². The lowest BCUT2D eigenvalue weighted by atomic mass is 10.1. The van der Waals surface area contributed by atoms with Gasteiger partial charge in [0.25, 0.3) is 0 Å². The summed E-state index contributed by atoms with van der Waals surface area (Å²) in [6.07, 6.45) is 9.19. The molecule has 0 radical (unpaired) electrons. The number of rotatable bonds is 5. The second kappa shape index (κ2) is 6.71. The molecule has 1 aromatic rings. The minimum atomic E-state index is 0.0890. The van der Waals surface area contributed by atoms with Gasteiger partial charge in [-0.3, -0.25) is 4.68 Å². The van der Waals surface area contributed by atoms with Crippen LogP contribution in [0.2, 0.25) is 0 Å². The number of nitrogens with one attached hydrogen (secondary N) is 1. The van der Waals surface area contributed by atoms with Crippen molar-refractivity contribution in [3.05, 3.63) is 17.0 Å². The summed E-state index contributed by atoms with van der Waals surface area (Å²) in [5.74, 6) is 0. The second-order valence-electron chi connectivity index (χ2n) is 6.65. The molecule has 22 heavy (non-hydrogen) atoms. The van der Waals surface area contributed by atoms with Crippen molar-refractivity contribution in [3.63, 3.8) is 0 Å². The lowest BCUT2D eigenvalue weighted by molar-refractivity contribution is 0.170. The Bertz CT molecular complexity index is 531. The third-order valence-electron chi connectivity index (χ3n) is 5.07. The first kappa shape index (κ1) is 15.4. The van der Waals surface area contributed by atoms with Crippen LogP contribution in [0.4, 0.5) is 4.79 Å². The monoisotopic (exact) mass is 304 g/mol. The number of hydrogen-bond acceptors (Lipinski definition) is 2. The van der Waals surface area contributed by atoms with Crippen LogP contribution in [-0.2, 0) is 26.4 Å². The van der Waals surface area contributed by atoms with E-state index < -0.39 is 0 Å². The summed E-state index contributed by atoms with van der Waals surface area (Å²) in [7, 11) is 2.03. The predicted molar refractivity (Wildman–Crippen MR) is 86.7 cm³/mol. The first-order valence-electron chi connectivity index (χ1n) is 8.78. The van der Waals surface area contributed by atoms with E-state index in [4.69, 9.17) is 5.10 Å². The van der Waals surface area contributed by atoms with Crippen molar-refractivity contribution < 1.29 is 4.79 Å². The van der Waals surface area contributed by atoms with Gasteiger partial charge in [-0.2, -0.15) is 5.10 Å². The van der Waals surface area contributed by atoms with Gasteiger partial charge in [-0.1, -0.05) is 19.8 Å². The first-order chi connectivity index (χ1) is 10.7. The van der Waals surface area contributed by atoms with E-state index >= 15 is 0 Å². The van der Waals surface area contributed by atoms with Crippen molar-refractivity contribution in [1.29, 1.82) is 0 Å². The van der Waals surface area contributed by atoms with Crippen LogP contribution in [0.25, 0.3) is 0 Å². The maximum Gasteiger partial charge on any atom is 0.318 e. The summed E-state index contributed by atoms with van der Waals surface area (Å²) in [5, 5.41) is 7.76. The molecule has 0 atom stereocenters. The zero-order chi connectivity index (χ0) is 15.5. The number of hydrogen-bond donors (Lipinski definition) is 1. The van der Waals surface area contributed by atoms with Gasteiger partial charge in [0.1, 0.15) is 0 Å².